The summed E-state index contributed by atoms with van der Waals surface area (Å²) in [5, 5.41) is 4.61. The summed E-state index contributed by atoms with van der Waals surface area (Å²) in [6.45, 7) is 6.08. The Morgan fingerprint density at radius 3 is 2.73 bits per heavy atom. The van der Waals surface area contributed by atoms with Crippen molar-refractivity contribution in [2.45, 2.75) is 13.0 Å². The average Bonchev–Trinajstić information content (AvgIpc) is 2.61. The molecule has 0 amide bonds. The van der Waals surface area contributed by atoms with E-state index >= 15 is 0 Å². The number of benzene rings is 1. The van der Waals surface area contributed by atoms with Crippen molar-refractivity contribution in [1.82, 2.24) is 5.32 Å². The van der Waals surface area contributed by atoms with E-state index in [1.165, 1.54) is 15.0 Å². The van der Waals surface area contributed by atoms with E-state index in [1.807, 2.05) is 18.4 Å². The lowest BCUT2D eigenvalue weighted by Crippen LogP contribution is -2.15. The fraction of sp³-hybridized carbons (Fsp3) is 0.231. The lowest BCUT2D eigenvalue weighted by molar-refractivity contribution is 0.692. The first kappa shape index (κ1) is 10.4. The van der Waals surface area contributed by atoms with Crippen molar-refractivity contribution in [3.05, 3.63) is 47.4 Å². The van der Waals surface area contributed by atoms with Crippen molar-refractivity contribution in [3.8, 4) is 0 Å². The topological polar surface area (TPSA) is 12.0 Å². The minimum Gasteiger partial charge on any atom is -0.309 e. The van der Waals surface area contributed by atoms with Crippen LogP contribution in [0.2, 0.25) is 0 Å². The van der Waals surface area contributed by atoms with Gasteiger partial charge in [0, 0.05) is 9.58 Å². The summed E-state index contributed by atoms with van der Waals surface area (Å²) in [4.78, 5) is 1.34. The lowest BCUT2D eigenvalue weighted by atomic mass is 10.1. The number of thiophene rings is 1. The first-order valence-corrected chi connectivity index (χ1v) is 5.85. The van der Waals surface area contributed by atoms with Crippen LogP contribution in [0.15, 0.2) is 42.5 Å². The molecule has 0 bridgehead atoms. The minimum atomic E-state index is 0.280. The molecule has 1 atom stereocenters. The summed E-state index contributed by atoms with van der Waals surface area (Å²) >= 11 is 1.83. The molecule has 0 saturated heterocycles. The van der Waals surface area contributed by atoms with E-state index in [9.17, 15) is 0 Å². The Bertz CT molecular complexity index is 451. The smallest absolute Gasteiger partial charge is 0.0623 e. The first-order chi connectivity index (χ1) is 7.22. The van der Waals surface area contributed by atoms with Crippen molar-refractivity contribution in [2.24, 2.45) is 0 Å². The highest BCUT2D eigenvalue weighted by molar-refractivity contribution is 7.19. The molecule has 2 rings (SSSR count). The van der Waals surface area contributed by atoms with Crippen molar-refractivity contribution >= 4 is 21.4 Å². The molecule has 0 spiro atoms. The zero-order chi connectivity index (χ0) is 10.8. The van der Waals surface area contributed by atoms with Crippen LogP contribution in [-0.4, -0.2) is 7.05 Å². The molecule has 0 aliphatic carbocycles. The summed E-state index contributed by atoms with van der Waals surface area (Å²) in [5.74, 6) is 0. The third kappa shape index (κ3) is 1.96. The number of rotatable bonds is 3. The predicted octanol–water partition coefficient (Wildman–Crippen LogP) is 3.74. The van der Waals surface area contributed by atoms with Crippen LogP contribution in [-0.2, 0) is 0 Å². The van der Waals surface area contributed by atoms with Gasteiger partial charge in [0.2, 0.25) is 0 Å². The van der Waals surface area contributed by atoms with Crippen LogP contribution in [0.25, 0.3) is 10.1 Å². The van der Waals surface area contributed by atoms with E-state index in [1.54, 1.807) is 0 Å². The van der Waals surface area contributed by atoms with E-state index in [-0.39, 0.29) is 6.04 Å². The van der Waals surface area contributed by atoms with Crippen LogP contribution < -0.4 is 5.32 Å². The van der Waals surface area contributed by atoms with Gasteiger partial charge in [-0.2, -0.15) is 0 Å². The van der Waals surface area contributed by atoms with E-state index in [0.717, 1.165) is 5.57 Å². The molecule has 15 heavy (non-hydrogen) atoms. The molecule has 2 aromatic rings. The van der Waals surface area contributed by atoms with Crippen molar-refractivity contribution < 1.29 is 0 Å². The maximum atomic E-state index is 4.02. The zero-order valence-corrected chi connectivity index (χ0v) is 9.90. The van der Waals surface area contributed by atoms with E-state index in [0.29, 0.717) is 0 Å². The SMILES string of the molecule is C=C(C)C(NC)c1cc2ccccc2s1. The van der Waals surface area contributed by atoms with Crippen LogP contribution in [0.4, 0.5) is 0 Å². The number of nitrogens with one attached hydrogen (secondary N) is 1. The minimum absolute atomic E-state index is 0.280. The molecule has 0 saturated carbocycles. The number of hydrogen-bond donors (Lipinski definition) is 1. The molecule has 0 radical (unpaired) electrons. The molecule has 1 N–H and O–H groups in total. The van der Waals surface area contributed by atoms with Gasteiger partial charge in [-0.1, -0.05) is 30.4 Å². The summed E-state index contributed by atoms with van der Waals surface area (Å²) < 4.78 is 1.34. The predicted molar refractivity (Wildman–Crippen MR) is 68.4 cm³/mol. The van der Waals surface area contributed by atoms with Crippen molar-refractivity contribution in [3.63, 3.8) is 0 Å². The molecule has 1 heterocycles. The maximum Gasteiger partial charge on any atom is 0.0623 e. The Hall–Kier alpha value is -1.12. The Balaban J connectivity index is 2.47. The van der Waals surface area contributed by atoms with E-state index < -0.39 is 0 Å². The summed E-state index contributed by atoms with van der Waals surface area (Å²) in [7, 11) is 1.98. The standard InChI is InChI=1S/C13H15NS/c1-9(2)13(14-3)12-8-10-6-4-5-7-11(10)15-12/h4-8,13-14H,1H2,2-3H3. The quantitative estimate of drug-likeness (QED) is 0.772. The molecule has 1 aromatic heterocycles. The molecule has 2 heteroatoms. The van der Waals surface area contributed by atoms with Gasteiger partial charge in [-0.25, -0.2) is 0 Å². The third-order valence-electron chi connectivity index (χ3n) is 2.51. The molecule has 1 aromatic carbocycles. The van der Waals surface area contributed by atoms with E-state index in [4.69, 9.17) is 0 Å². The van der Waals surface area contributed by atoms with Crippen molar-refractivity contribution in [1.29, 1.82) is 0 Å². The highest BCUT2D eigenvalue weighted by Gasteiger charge is 2.12. The molecule has 0 aliphatic heterocycles. The first-order valence-electron chi connectivity index (χ1n) is 5.03. The largest absolute Gasteiger partial charge is 0.309 e. The van der Waals surface area contributed by atoms with Gasteiger partial charge >= 0.3 is 0 Å². The zero-order valence-electron chi connectivity index (χ0n) is 9.08. The molecule has 0 aliphatic rings. The van der Waals surface area contributed by atoms with Crippen LogP contribution in [0.5, 0.6) is 0 Å². The Kier molecular flexibility index (Phi) is 2.89. The number of likely N-dealkylation sites (N-methyl/N-ethyl adjacent to an activating group) is 1. The molecule has 78 valence electrons. The molecule has 1 unspecified atom stereocenters. The average molecular weight is 217 g/mol. The molecular formula is C13H15NS. The highest BCUT2D eigenvalue weighted by Crippen LogP contribution is 2.32. The second kappa shape index (κ2) is 4.17. The van der Waals surface area contributed by atoms with Crippen LogP contribution in [0.1, 0.15) is 17.8 Å². The van der Waals surface area contributed by atoms with Gasteiger partial charge in [0.05, 0.1) is 6.04 Å². The van der Waals surface area contributed by atoms with Gasteiger partial charge in [0.1, 0.15) is 0 Å². The summed E-state index contributed by atoms with van der Waals surface area (Å²) in [6.07, 6.45) is 0. The summed E-state index contributed by atoms with van der Waals surface area (Å²) in [5.41, 5.74) is 1.16. The van der Waals surface area contributed by atoms with Gasteiger partial charge in [-0.05, 0) is 31.5 Å². The highest BCUT2D eigenvalue weighted by atomic mass is 32.1. The molecule has 1 nitrogen and oxygen atoms in total. The molecule has 0 fully saturated rings. The van der Waals surface area contributed by atoms with Crippen LogP contribution in [0, 0.1) is 0 Å². The second-order valence-corrected chi connectivity index (χ2v) is 4.87. The van der Waals surface area contributed by atoms with Gasteiger partial charge < -0.3 is 5.32 Å². The normalized spacial score (nSPS) is 12.9. The van der Waals surface area contributed by atoms with Crippen LogP contribution >= 0.6 is 11.3 Å². The Morgan fingerprint density at radius 1 is 1.40 bits per heavy atom. The van der Waals surface area contributed by atoms with Crippen LogP contribution in [0.3, 0.4) is 0 Å². The number of fused-ring (bicyclic) bond motifs is 1. The fourth-order valence-corrected chi connectivity index (χ4v) is 3.04. The Morgan fingerprint density at radius 2 is 2.13 bits per heavy atom. The third-order valence-corrected chi connectivity index (χ3v) is 3.69. The Labute approximate surface area is 94.4 Å². The monoisotopic (exact) mass is 217 g/mol. The lowest BCUT2D eigenvalue weighted by Gasteiger charge is -2.13. The molecular weight excluding hydrogens is 202 g/mol. The summed E-state index contributed by atoms with van der Waals surface area (Å²) in [6, 6.07) is 11.0. The second-order valence-electron chi connectivity index (χ2n) is 3.75. The van der Waals surface area contributed by atoms with Gasteiger partial charge in [0.25, 0.3) is 0 Å². The van der Waals surface area contributed by atoms with Gasteiger partial charge in [0.15, 0.2) is 0 Å². The van der Waals surface area contributed by atoms with Crippen molar-refractivity contribution in [2.75, 3.05) is 7.05 Å². The van der Waals surface area contributed by atoms with Gasteiger partial charge in [-0.3, -0.25) is 0 Å². The van der Waals surface area contributed by atoms with Gasteiger partial charge in [-0.15, -0.1) is 11.3 Å². The fourth-order valence-electron chi connectivity index (χ4n) is 1.78. The number of hydrogen-bond acceptors (Lipinski definition) is 2. The maximum absolute atomic E-state index is 4.02. The van der Waals surface area contributed by atoms with E-state index in [2.05, 4.69) is 49.2 Å².